The number of H-pyrrole nitrogens is 3. The number of nitrogens with zero attached hydrogens (tertiary/aromatic N) is 6. The van der Waals surface area contributed by atoms with Crippen LogP contribution >= 0.6 is 11.8 Å². The van der Waals surface area contributed by atoms with Crippen molar-refractivity contribution >= 4 is 134 Å². The van der Waals surface area contributed by atoms with Gasteiger partial charge in [-0.05, 0) is 85.9 Å². The first kappa shape index (κ1) is 98.2. The number of likely N-dealkylation sites (N-methyl/N-ethyl adjacent to an activating group) is 3. The van der Waals surface area contributed by atoms with E-state index in [2.05, 4.69) is 73.1 Å². The molecule has 4 saturated heterocycles. The summed E-state index contributed by atoms with van der Waals surface area (Å²) in [5, 5.41) is 60.2. The molecule has 0 unspecified atom stereocenters. The van der Waals surface area contributed by atoms with E-state index in [9.17, 15) is 63.3 Å². The Morgan fingerprint density at radius 2 is 1.16 bits per heavy atom. The number of rotatable bonds is 20. The number of para-hydroxylation sites is 2. The molecule has 18 N–H and O–H groups in total. The van der Waals surface area contributed by atoms with Gasteiger partial charge in [-0.1, -0.05) is 102 Å². The maximum absolute atomic E-state index is 15.6. The molecule has 4 fully saturated rings. The molecule has 41 nitrogen and oxygen atoms in total. The molecule has 6 aromatic rings. The fraction of sp³-hybridized carbons (Fsp3) is 0.517. The van der Waals surface area contributed by atoms with Crippen LogP contribution in [-0.4, -0.2) is 310 Å². The SMILES string of the molecule is CCCC[C@H]1C(=O)N(C)[C@@H](CCCC)C(=O)N[C@@H](C)C(=O)N[C@H](C(=O)NCC(N)=O)CSCC(=O)N[C@@H](Cc2ccc(O)cc2)C(=O)N(C)[C@@H]2OC(=O)C[C@H](NC2=O)C(=O)N2CCC[C@H]2C(=O)N[C@@H](Cc2cnc[nH]2)C(=O)N[C@@H](CC(C)C)C(=O)N2C[C@H](O)C[C@H]2C(=O)N[C@@H](Cc2c[nH]c3ccccc23)C(=O)N[C@@H](CO)C(=O)N[C@@H](Cc2c[nH]c3ccccc23)C(=O)N1C. The standard InChI is InChI=1S/C87H116N20O21S/c1-9-11-22-66-78(119)94-47(5)73(114)102-65(74(115)92-40-70(88)111)43-129-44-71(112)95-61(31-48-25-27-52(109)28-26-48)83(124)105(8)87-81(122)100-63(36-72(113)128-87)84(125)106-29-17-24-67(106)79(120)97-59(34-51-39-89-45-93-51)76(117)98-60(30-46(3)4)85(126)107-41-53(110)35-69(107)80(121)96-58(32-49-37-90-56-20-15-13-18-54(49)56)75(116)101-64(42-108)77(118)99-62(33-50-38-91-57-21-16-14-19-55(50)57)82(123)104(7)68(23-12-10-2)86(127)103(66)6/h13-16,18-21,25-28,37-39,45-47,53,58-69,87,90-91,108-110H,9-12,17,22-24,29-36,40-44H2,1-8H3,(H2,88,111)(H,89,93)(H,92,115)(H,94,119)(H,95,112)(H,96,121)(H,97,120)(H,98,117)(H,99,118)(H,100,122)(H,101,116)(H,102,114)/t47-,53+,58-,59-,60-,61-,62-,63-,64-,65-,66-,67-,68-,69-,87+/m0/s1. The number of aromatic hydroxyl groups is 1. The van der Waals surface area contributed by atoms with Gasteiger partial charge in [0.2, 0.25) is 88.6 Å². The maximum Gasteiger partial charge on any atom is 0.310 e. The van der Waals surface area contributed by atoms with E-state index in [-0.39, 0.29) is 82.4 Å². The summed E-state index contributed by atoms with van der Waals surface area (Å²) in [7, 11) is 3.79. The van der Waals surface area contributed by atoms with E-state index in [1.807, 2.05) is 13.8 Å². The number of primary amides is 1. The third-order valence-corrected chi connectivity index (χ3v) is 24.3. The first-order valence-electron chi connectivity index (χ1n) is 43.2. The van der Waals surface area contributed by atoms with Crippen LogP contribution in [0.25, 0.3) is 21.8 Å². The number of nitrogens with two attached hydrogens (primary N) is 1. The van der Waals surface area contributed by atoms with Gasteiger partial charge in [0.05, 0.1) is 37.8 Å². The number of ether oxygens (including phenoxy) is 1. The molecule has 42 heteroatoms. The van der Waals surface area contributed by atoms with Crippen molar-refractivity contribution in [2.75, 3.05) is 58.9 Å². The predicted octanol–water partition coefficient (Wildman–Crippen LogP) is -2.16. The number of carbonyl (C=O) groups excluding carboxylic acids is 17. The molecule has 2 bridgehead atoms. The first-order chi connectivity index (χ1) is 61.6. The van der Waals surface area contributed by atoms with Crippen LogP contribution in [0.2, 0.25) is 0 Å². The summed E-state index contributed by atoms with van der Waals surface area (Å²) in [5.74, 6) is -17.7. The number of benzene rings is 3. The zero-order chi connectivity index (χ0) is 93.6. The van der Waals surface area contributed by atoms with Crippen LogP contribution in [0.15, 0.2) is 97.7 Å². The van der Waals surface area contributed by atoms with Crippen LogP contribution in [0.4, 0.5) is 0 Å². The van der Waals surface area contributed by atoms with Crippen molar-refractivity contribution < 1.29 is 102 Å². The van der Waals surface area contributed by atoms with Gasteiger partial charge in [-0.2, -0.15) is 0 Å². The van der Waals surface area contributed by atoms with Crippen LogP contribution in [0.5, 0.6) is 5.75 Å². The number of thioether (sulfide) groups is 1. The fourth-order valence-corrected chi connectivity index (χ4v) is 17.1. The lowest BCUT2D eigenvalue weighted by Crippen LogP contribution is -2.61. The number of esters is 1. The van der Waals surface area contributed by atoms with E-state index >= 15 is 33.6 Å². The second-order valence-electron chi connectivity index (χ2n) is 33.4. The van der Waals surface area contributed by atoms with Crippen LogP contribution in [-0.2, 0) is 112 Å². The molecule has 4 aliphatic rings. The normalized spacial score (nSPS) is 25.8. The number of unbranched alkanes of at least 4 members (excludes halogenated alkanes) is 2. The highest BCUT2D eigenvalue weighted by molar-refractivity contribution is 8.00. The van der Waals surface area contributed by atoms with Crippen molar-refractivity contribution in [1.29, 1.82) is 0 Å². The highest BCUT2D eigenvalue weighted by atomic mass is 32.2. The Morgan fingerprint density at radius 3 is 1.77 bits per heavy atom. The van der Waals surface area contributed by atoms with Crippen molar-refractivity contribution in [3.8, 4) is 5.75 Å². The Kier molecular flexibility index (Phi) is 34.7. The molecule has 696 valence electrons. The number of fused-ring (bicyclic) bond motifs is 7. The number of aromatic amines is 3. The summed E-state index contributed by atoms with van der Waals surface area (Å²) in [4.78, 5) is 267. The lowest BCUT2D eigenvalue weighted by Gasteiger charge is -2.36. The Bertz CT molecular complexity index is 5060. The summed E-state index contributed by atoms with van der Waals surface area (Å²) >= 11 is 0.760. The van der Waals surface area contributed by atoms with Crippen LogP contribution < -0.4 is 58.9 Å². The van der Waals surface area contributed by atoms with Crippen molar-refractivity contribution in [1.82, 2.24) is 97.6 Å². The van der Waals surface area contributed by atoms with Gasteiger partial charge >= 0.3 is 5.97 Å². The number of aliphatic hydroxyl groups is 2. The molecule has 0 saturated carbocycles. The minimum atomic E-state index is -2.09. The van der Waals surface area contributed by atoms with E-state index in [1.165, 1.54) is 57.8 Å². The van der Waals surface area contributed by atoms with Crippen molar-refractivity contribution in [2.45, 2.75) is 222 Å². The topological polar surface area (TPSA) is 583 Å². The van der Waals surface area contributed by atoms with Crippen LogP contribution in [0.3, 0.4) is 0 Å². The average Bonchev–Trinajstić information content (AvgIpc) is 1.70. The summed E-state index contributed by atoms with van der Waals surface area (Å²) < 4.78 is 5.56. The molecule has 16 amide bonds. The van der Waals surface area contributed by atoms with Gasteiger partial charge in [-0.15, -0.1) is 11.8 Å². The second-order valence-corrected chi connectivity index (χ2v) is 34.4. The quantitative estimate of drug-likeness (QED) is 0.0362. The number of aliphatic hydroxyl groups excluding tert-OH is 2. The van der Waals surface area contributed by atoms with Gasteiger partial charge in [-0.25, -0.2) is 4.98 Å². The molecule has 7 heterocycles. The molecular formula is C87H116N20O21S. The van der Waals surface area contributed by atoms with Gasteiger partial charge in [0.25, 0.3) is 12.1 Å². The molecular weight excluding hydrogens is 1690 g/mol. The molecule has 15 atom stereocenters. The predicted molar refractivity (Wildman–Crippen MR) is 468 cm³/mol. The molecule has 0 aliphatic carbocycles. The molecule has 129 heavy (non-hydrogen) atoms. The molecule has 3 aromatic heterocycles. The number of imidazole rings is 1. The highest BCUT2D eigenvalue weighted by Crippen LogP contribution is 2.28. The third-order valence-electron chi connectivity index (χ3n) is 23.3. The third kappa shape index (κ3) is 25.7. The van der Waals surface area contributed by atoms with E-state index in [4.69, 9.17) is 10.5 Å². The van der Waals surface area contributed by atoms with E-state index in [0.29, 0.717) is 69.9 Å². The molecule has 0 spiro atoms. The Labute approximate surface area is 747 Å². The van der Waals surface area contributed by atoms with E-state index in [0.717, 1.165) is 43.3 Å². The number of phenols is 1. The smallest absolute Gasteiger partial charge is 0.310 e. The number of nitrogens with one attached hydrogen (secondary N) is 13. The molecule has 0 radical (unpaired) electrons. The van der Waals surface area contributed by atoms with Crippen LogP contribution in [0, 0.1) is 5.92 Å². The number of hydrogen-bond donors (Lipinski definition) is 17. The number of amides is 16. The summed E-state index contributed by atoms with van der Waals surface area (Å²) in [6.45, 7) is 6.15. The Balaban J connectivity index is 0.992. The van der Waals surface area contributed by atoms with Crippen molar-refractivity contribution in [3.05, 3.63) is 120 Å². The van der Waals surface area contributed by atoms with Crippen molar-refractivity contribution in [2.24, 2.45) is 11.7 Å². The fourth-order valence-electron chi connectivity index (χ4n) is 16.3. The molecule has 4 aliphatic heterocycles. The Hall–Kier alpha value is -13.0. The lowest BCUT2D eigenvalue weighted by atomic mass is 10.00. The minimum Gasteiger partial charge on any atom is -0.508 e. The average molecular weight is 1810 g/mol. The van der Waals surface area contributed by atoms with Crippen molar-refractivity contribution in [3.63, 3.8) is 0 Å². The van der Waals surface area contributed by atoms with Gasteiger partial charge in [0.1, 0.15) is 84.3 Å². The number of phenolic OH excluding ortho intramolecular Hbond substituents is 1. The van der Waals surface area contributed by atoms with Gasteiger partial charge in [0.15, 0.2) is 0 Å². The number of carbonyl (C=O) groups is 17. The molecule has 10 rings (SSSR count). The zero-order valence-electron chi connectivity index (χ0n) is 73.2. The Morgan fingerprint density at radius 1 is 0.589 bits per heavy atom. The number of aromatic nitrogens is 4. The van der Waals surface area contributed by atoms with Crippen LogP contribution in [0.1, 0.15) is 128 Å². The van der Waals surface area contributed by atoms with E-state index < -0.39 is 229 Å². The maximum atomic E-state index is 15.6. The molecule has 3 aromatic carbocycles. The van der Waals surface area contributed by atoms with E-state index in [1.54, 1.807) is 74.8 Å². The minimum absolute atomic E-state index is 0.00411. The summed E-state index contributed by atoms with van der Waals surface area (Å²) in [6.07, 6.45) is 2.07. The summed E-state index contributed by atoms with van der Waals surface area (Å²) in [6, 6.07) is -0.372. The van der Waals surface area contributed by atoms with Gasteiger partial charge in [-0.3, -0.25) is 81.5 Å². The monoisotopic (exact) mass is 1810 g/mol. The number of hydrogen-bond acceptors (Lipinski definition) is 23. The highest BCUT2D eigenvalue weighted by Gasteiger charge is 2.48. The second kappa shape index (κ2) is 45.6. The van der Waals surface area contributed by atoms with Gasteiger partial charge < -0.3 is 118 Å². The summed E-state index contributed by atoms with van der Waals surface area (Å²) in [5.41, 5.74) is 8.38. The largest absolute Gasteiger partial charge is 0.508 e. The first-order valence-corrected chi connectivity index (χ1v) is 44.3. The lowest BCUT2D eigenvalue weighted by molar-refractivity contribution is -0.169. The zero-order valence-corrected chi connectivity index (χ0v) is 74.0. The van der Waals surface area contributed by atoms with Gasteiger partial charge in [0, 0.05) is 118 Å².